The van der Waals surface area contributed by atoms with Gasteiger partial charge in [-0.05, 0) is 31.2 Å². The van der Waals surface area contributed by atoms with Gasteiger partial charge in [0.15, 0.2) is 0 Å². The maximum absolute atomic E-state index is 12.8. The molecule has 2 atom stereocenters. The van der Waals surface area contributed by atoms with Crippen LogP contribution in [0.5, 0.6) is 0 Å². The van der Waals surface area contributed by atoms with Crippen molar-refractivity contribution in [2.24, 2.45) is 11.8 Å². The van der Waals surface area contributed by atoms with Gasteiger partial charge in [0.25, 0.3) is 0 Å². The number of rotatable bonds is 5. The summed E-state index contributed by atoms with van der Waals surface area (Å²) in [5.41, 5.74) is 2.97. The number of nitrogens with zero attached hydrogens (tertiary/aromatic N) is 3. The number of sulfonamides is 1. The Morgan fingerprint density at radius 3 is 2.31 bits per heavy atom. The molecule has 140 valence electrons. The quantitative estimate of drug-likeness (QED) is 0.801. The first-order valence-electron chi connectivity index (χ1n) is 9.08. The van der Waals surface area contributed by atoms with Gasteiger partial charge >= 0.3 is 0 Å². The molecule has 0 bridgehead atoms. The van der Waals surface area contributed by atoms with E-state index in [1.807, 2.05) is 44.2 Å². The lowest BCUT2D eigenvalue weighted by Crippen LogP contribution is -2.34. The molecular weight excluding hydrogens is 350 g/mol. The minimum absolute atomic E-state index is 0.0933. The third-order valence-electron chi connectivity index (χ3n) is 5.68. The molecule has 7 heteroatoms. The molecule has 1 aromatic heterocycles. The summed E-state index contributed by atoms with van der Waals surface area (Å²) in [4.78, 5) is 2.41. The van der Waals surface area contributed by atoms with Gasteiger partial charge in [0.05, 0.1) is 11.4 Å². The van der Waals surface area contributed by atoms with Gasteiger partial charge < -0.3 is 4.52 Å². The molecule has 2 aromatic rings. The number of hydrogen-bond donors (Lipinski definition) is 0. The molecule has 0 radical (unpaired) electrons. The Morgan fingerprint density at radius 2 is 1.73 bits per heavy atom. The fraction of sp³-hybridized carbons (Fsp3) is 0.526. The largest absolute Gasteiger partial charge is 0.361 e. The molecule has 2 aliphatic heterocycles. The molecule has 2 unspecified atom stereocenters. The van der Waals surface area contributed by atoms with Crippen LogP contribution in [-0.4, -0.2) is 49.0 Å². The van der Waals surface area contributed by atoms with Crippen LogP contribution in [0.15, 0.2) is 34.9 Å². The smallest absolute Gasteiger partial charge is 0.218 e. The van der Waals surface area contributed by atoms with E-state index in [0.717, 1.165) is 36.7 Å². The van der Waals surface area contributed by atoms with E-state index >= 15 is 0 Å². The van der Waals surface area contributed by atoms with E-state index in [1.165, 1.54) is 5.56 Å². The second-order valence-electron chi connectivity index (χ2n) is 7.58. The lowest BCUT2D eigenvalue weighted by Gasteiger charge is -2.21. The minimum Gasteiger partial charge on any atom is -0.361 e. The van der Waals surface area contributed by atoms with Gasteiger partial charge in [-0.25, -0.2) is 12.7 Å². The van der Waals surface area contributed by atoms with E-state index in [-0.39, 0.29) is 5.75 Å². The van der Waals surface area contributed by atoms with Crippen LogP contribution < -0.4 is 0 Å². The van der Waals surface area contributed by atoms with Crippen LogP contribution in [0, 0.1) is 25.7 Å². The highest BCUT2D eigenvalue weighted by Crippen LogP contribution is 2.34. The Labute approximate surface area is 154 Å². The van der Waals surface area contributed by atoms with Crippen LogP contribution in [0.4, 0.5) is 0 Å². The van der Waals surface area contributed by atoms with E-state index in [0.29, 0.717) is 24.9 Å². The number of fused-ring (bicyclic) bond motifs is 1. The van der Waals surface area contributed by atoms with Gasteiger partial charge in [0.2, 0.25) is 10.0 Å². The molecule has 1 aromatic carbocycles. The standard InChI is InChI=1S/C19H25N3O3S/c1-14-19(15(2)25-20-14)12-21-8-17-10-22(11-18(17)9-21)26(23,24)13-16-6-4-3-5-7-16/h3-7,17-18H,8-13H2,1-2H3. The molecule has 0 aliphatic carbocycles. The van der Waals surface area contributed by atoms with Gasteiger partial charge in [0.1, 0.15) is 5.76 Å². The molecule has 3 heterocycles. The van der Waals surface area contributed by atoms with Crippen molar-refractivity contribution in [3.63, 3.8) is 0 Å². The first-order valence-corrected chi connectivity index (χ1v) is 10.7. The predicted molar refractivity (Wildman–Crippen MR) is 98.9 cm³/mol. The summed E-state index contributed by atoms with van der Waals surface area (Å²) in [6, 6.07) is 9.43. The molecule has 6 nitrogen and oxygen atoms in total. The van der Waals surface area contributed by atoms with Crippen molar-refractivity contribution in [2.75, 3.05) is 26.2 Å². The van der Waals surface area contributed by atoms with E-state index in [2.05, 4.69) is 10.1 Å². The van der Waals surface area contributed by atoms with Gasteiger partial charge in [-0.1, -0.05) is 35.5 Å². The van der Waals surface area contributed by atoms with Crippen molar-refractivity contribution in [1.82, 2.24) is 14.4 Å². The number of likely N-dealkylation sites (tertiary alicyclic amines) is 1. The topological polar surface area (TPSA) is 66.7 Å². The Hall–Kier alpha value is -1.70. The highest BCUT2D eigenvalue weighted by atomic mass is 32.2. The van der Waals surface area contributed by atoms with Crippen molar-refractivity contribution in [2.45, 2.75) is 26.1 Å². The fourth-order valence-electron chi connectivity index (χ4n) is 4.23. The molecule has 0 amide bonds. The van der Waals surface area contributed by atoms with E-state index in [1.54, 1.807) is 4.31 Å². The maximum atomic E-state index is 12.8. The minimum atomic E-state index is -3.25. The van der Waals surface area contributed by atoms with Gasteiger partial charge in [-0.2, -0.15) is 0 Å². The fourth-order valence-corrected chi connectivity index (χ4v) is 5.86. The SMILES string of the molecule is Cc1noc(C)c1CN1CC2CN(S(=O)(=O)Cc3ccccc3)CC2C1. The van der Waals surface area contributed by atoms with Gasteiger partial charge in [-0.3, -0.25) is 4.90 Å². The second kappa shape index (κ2) is 6.79. The summed E-state index contributed by atoms with van der Waals surface area (Å²) in [7, 11) is -3.25. The van der Waals surface area contributed by atoms with Crippen LogP contribution in [0.3, 0.4) is 0 Å². The normalized spacial score (nSPS) is 24.2. The highest BCUT2D eigenvalue weighted by molar-refractivity contribution is 7.88. The van der Waals surface area contributed by atoms with Crippen LogP contribution >= 0.6 is 0 Å². The van der Waals surface area contributed by atoms with E-state index in [4.69, 9.17) is 4.52 Å². The summed E-state index contributed by atoms with van der Waals surface area (Å²) < 4.78 is 32.5. The van der Waals surface area contributed by atoms with Crippen molar-refractivity contribution in [3.05, 3.63) is 52.9 Å². The van der Waals surface area contributed by atoms with Gasteiger partial charge in [-0.15, -0.1) is 0 Å². The predicted octanol–water partition coefficient (Wildman–Crippen LogP) is 2.19. The van der Waals surface area contributed by atoms with Crippen molar-refractivity contribution in [1.29, 1.82) is 0 Å². The number of benzene rings is 1. The van der Waals surface area contributed by atoms with E-state index in [9.17, 15) is 8.42 Å². The number of aromatic nitrogens is 1. The average molecular weight is 375 g/mol. The monoisotopic (exact) mass is 375 g/mol. The van der Waals surface area contributed by atoms with Crippen LogP contribution in [0.1, 0.15) is 22.6 Å². The average Bonchev–Trinajstić information content (AvgIpc) is 3.25. The summed E-state index contributed by atoms with van der Waals surface area (Å²) in [6.07, 6.45) is 0. The third-order valence-corrected chi connectivity index (χ3v) is 7.46. The maximum Gasteiger partial charge on any atom is 0.218 e. The zero-order valence-corrected chi connectivity index (χ0v) is 16.1. The summed E-state index contributed by atoms with van der Waals surface area (Å²) >= 11 is 0. The Morgan fingerprint density at radius 1 is 1.08 bits per heavy atom. The van der Waals surface area contributed by atoms with Gasteiger partial charge in [0, 0.05) is 38.3 Å². The summed E-state index contributed by atoms with van der Waals surface area (Å²) in [5, 5.41) is 4.03. The lowest BCUT2D eigenvalue weighted by molar-refractivity contribution is 0.287. The van der Waals surface area contributed by atoms with Crippen LogP contribution in [-0.2, 0) is 22.3 Å². The Bertz CT molecular complexity index is 845. The van der Waals surface area contributed by atoms with Crippen molar-refractivity contribution >= 4 is 10.0 Å². The molecule has 2 saturated heterocycles. The molecule has 4 rings (SSSR count). The molecule has 2 fully saturated rings. The first-order chi connectivity index (χ1) is 12.4. The highest BCUT2D eigenvalue weighted by Gasteiger charge is 2.43. The second-order valence-corrected chi connectivity index (χ2v) is 9.54. The zero-order valence-electron chi connectivity index (χ0n) is 15.3. The molecule has 0 spiro atoms. The van der Waals surface area contributed by atoms with Crippen molar-refractivity contribution in [3.8, 4) is 0 Å². The Balaban J connectivity index is 1.37. The van der Waals surface area contributed by atoms with Crippen LogP contribution in [0.2, 0.25) is 0 Å². The molecular formula is C19H25N3O3S. The number of hydrogen-bond acceptors (Lipinski definition) is 5. The summed E-state index contributed by atoms with van der Waals surface area (Å²) in [5.74, 6) is 1.81. The zero-order chi connectivity index (χ0) is 18.3. The molecule has 2 aliphatic rings. The third kappa shape index (κ3) is 3.43. The Kier molecular flexibility index (Phi) is 4.62. The van der Waals surface area contributed by atoms with E-state index < -0.39 is 10.0 Å². The van der Waals surface area contributed by atoms with Crippen LogP contribution in [0.25, 0.3) is 0 Å². The lowest BCUT2D eigenvalue weighted by atomic mass is 10.0. The molecule has 0 N–H and O–H groups in total. The van der Waals surface area contributed by atoms with Crippen molar-refractivity contribution < 1.29 is 12.9 Å². The number of aryl methyl sites for hydroxylation is 2. The molecule has 26 heavy (non-hydrogen) atoms. The molecule has 0 saturated carbocycles. The summed E-state index contributed by atoms with van der Waals surface area (Å²) in [6.45, 7) is 7.91. The first kappa shape index (κ1) is 17.7.